The Morgan fingerprint density at radius 3 is 2.72 bits per heavy atom. The first-order valence-corrected chi connectivity index (χ1v) is 9.76. The average Bonchev–Trinajstić information content (AvgIpc) is 2.59. The SMILES string of the molecule is CCCOc1ccc(NC(=O)C2(OCCC)CCCC(C)C2)cc1Cl. The van der Waals surface area contributed by atoms with Crippen molar-refractivity contribution in [1.82, 2.24) is 0 Å². The molecule has 1 aromatic carbocycles. The number of benzene rings is 1. The van der Waals surface area contributed by atoms with Crippen molar-refractivity contribution < 1.29 is 14.3 Å². The fourth-order valence-corrected chi connectivity index (χ4v) is 3.59. The highest BCUT2D eigenvalue weighted by atomic mass is 35.5. The van der Waals surface area contributed by atoms with Crippen LogP contribution in [-0.4, -0.2) is 24.7 Å². The Morgan fingerprint density at radius 1 is 1.32 bits per heavy atom. The van der Waals surface area contributed by atoms with Crippen LogP contribution in [0.4, 0.5) is 5.69 Å². The highest BCUT2D eigenvalue weighted by Gasteiger charge is 2.42. The van der Waals surface area contributed by atoms with Gasteiger partial charge in [0.1, 0.15) is 11.4 Å². The van der Waals surface area contributed by atoms with Gasteiger partial charge in [0.05, 0.1) is 11.6 Å². The van der Waals surface area contributed by atoms with Gasteiger partial charge in [0, 0.05) is 12.3 Å². The first-order chi connectivity index (χ1) is 12.0. The van der Waals surface area contributed by atoms with Crippen molar-refractivity contribution in [2.45, 2.75) is 64.9 Å². The van der Waals surface area contributed by atoms with Crippen molar-refractivity contribution >= 4 is 23.2 Å². The molecule has 1 aromatic rings. The van der Waals surface area contributed by atoms with E-state index in [1.165, 1.54) is 0 Å². The van der Waals surface area contributed by atoms with Crippen LogP contribution in [0.5, 0.6) is 5.75 Å². The summed E-state index contributed by atoms with van der Waals surface area (Å²) in [4.78, 5) is 13.0. The number of hydrogen-bond acceptors (Lipinski definition) is 3. The summed E-state index contributed by atoms with van der Waals surface area (Å²) in [6, 6.07) is 5.37. The molecule has 1 aliphatic carbocycles. The van der Waals surface area contributed by atoms with Gasteiger partial charge in [-0.1, -0.05) is 38.8 Å². The molecule has 4 nitrogen and oxygen atoms in total. The zero-order chi connectivity index (χ0) is 18.3. The predicted octanol–water partition coefficient (Wildman–Crippen LogP) is 5.44. The Kier molecular flexibility index (Phi) is 7.57. The van der Waals surface area contributed by atoms with E-state index in [1.807, 2.05) is 13.0 Å². The molecule has 0 spiro atoms. The number of carbonyl (C=O) groups excluding carboxylic acids is 1. The Balaban J connectivity index is 2.10. The zero-order valence-electron chi connectivity index (χ0n) is 15.6. The van der Waals surface area contributed by atoms with Crippen LogP contribution in [0, 0.1) is 5.92 Å². The minimum atomic E-state index is -0.725. The smallest absolute Gasteiger partial charge is 0.256 e. The second-order valence-corrected chi connectivity index (χ2v) is 7.40. The van der Waals surface area contributed by atoms with Crippen LogP contribution in [0.3, 0.4) is 0 Å². The third-order valence-electron chi connectivity index (χ3n) is 4.60. The number of carbonyl (C=O) groups is 1. The molecule has 2 rings (SSSR count). The van der Waals surface area contributed by atoms with Crippen molar-refractivity contribution in [1.29, 1.82) is 0 Å². The number of nitrogens with one attached hydrogen (secondary N) is 1. The van der Waals surface area contributed by atoms with Gasteiger partial charge in [0.2, 0.25) is 0 Å². The summed E-state index contributed by atoms with van der Waals surface area (Å²) in [6.07, 6.45) is 5.53. The molecular weight excluding hydrogens is 338 g/mol. The van der Waals surface area contributed by atoms with E-state index in [9.17, 15) is 4.79 Å². The maximum absolute atomic E-state index is 13.0. The molecule has 25 heavy (non-hydrogen) atoms. The molecule has 2 atom stereocenters. The summed E-state index contributed by atoms with van der Waals surface area (Å²) in [5.74, 6) is 1.07. The molecule has 0 aliphatic heterocycles. The fourth-order valence-electron chi connectivity index (χ4n) is 3.36. The first kappa shape index (κ1) is 20.1. The lowest BCUT2D eigenvalue weighted by atomic mass is 9.78. The van der Waals surface area contributed by atoms with Crippen molar-refractivity contribution in [3.63, 3.8) is 0 Å². The van der Waals surface area contributed by atoms with E-state index < -0.39 is 5.60 Å². The first-order valence-electron chi connectivity index (χ1n) is 9.38. The number of amides is 1. The highest BCUT2D eigenvalue weighted by Crippen LogP contribution is 2.37. The fraction of sp³-hybridized carbons (Fsp3) is 0.650. The molecule has 1 fully saturated rings. The van der Waals surface area contributed by atoms with Gasteiger partial charge >= 0.3 is 0 Å². The standard InChI is InChI=1S/C20H30ClNO3/c1-4-11-24-18-9-8-16(13-17(18)21)22-19(23)20(25-12-5-2)10-6-7-15(3)14-20/h8-9,13,15H,4-7,10-12,14H2,1-3H3,(H,22,23). The molecule has 2 unspecified atom stereocenters. The lowest BCUT2D eigenvalue weighted by Gasteiger charge is -2.38. The van der Waals surface area contributed by atoms with Gasteiger partial charge in [0.25, 0.3) is 5.91 Å². The van der Waals surface area contributed by atoms with E-state index in [1.54, 1.807) is 12.1 Å². The Bertz CT molecular complexity index is 578. The molecule has 1 saturated carbocycles. The predicted molar refractivity (Wildman–Crippen MR) is 102 cm³/mol. The maximum atomic E-state index is 13.0. The molecule has 0 aromatic heterocycles. The molecule has 140 valence electrons. The van der Waals surface area contributed by atoms with Crippen LogP contribution in [0.15, 0.2) is 18.2 Å². The van der Waals surface area contributed by atoms with E-state index in [2.05, 4.69) is 19.2 Å². The summed E-state index contributed by atoms with van der Waals surface area (Å²) < 4.78 is 11.6. The number of ether oxygens (including phenoxy) is 2. The number of rotatable bonds is 8. The highest BCUT2D eigenvalue weighted by molar-refractivity contribution is 6.32. The van der Waals surface area contributed by atoms with Crippen molar-refractivity contribution in [3.8, 4) is 5.75 Å². The molecule has 0 bridgehead atoms. The van der Waals surface area contributed by atoms with Crippen molar-refractivity contribution in [2.75, 3.05) is 18.5 Å². The van der Waals surface area contributed by atoms with Crippen LogP contribution in [0.1, 0.15) is 59.3 Å². The molecule has 1 aliphatic rings. The Labute approximate surface area is 156 Å². The minimum Gasteiger partial charge on any atom is -0.492 e. The van der Waals surface area contributed by atoms with Crippen LogP contribution in [-0.2, 0) is 9.53 Å². The van der Waals surface area contributed by atoms with Gasteiger partial charge in [-0.05, 0) is 56.2 Å². The van der Waals surface area contributed by atoms with Gasteiger partial charge in [-0.3, -0.25) is 4.79 Å². The zero-order valence-corrected chi connectivity index (χ0v) is 16.3. The average molecular weight is 368 g/mol. The number of halogens is 1. The quantitative estimate of drug-likeness (QED) is 0.665. The molecule has 1 amide bonds. The largest absolute Gasteiger partial charge is 0.492 e. The van der Waals surface area contributed by atoms with Gasteiger partial charge in [-0.25, -0.2) is 0 Å². The van der Waals surface area contributed by atoms with Crippen molar-refractivity contribution in [2.24, 2.45) is 5.92 Å². The molecule has 0 radical (unpaired) electrons. The third-order valence-corrected chi connectivity index (χ3v) is 4.90. The molecule has 0 saturated heterocycles. The summed E-state index contributed by atoms with van der Waals surface area (Å²) in [5, 5.41) is 3.51. The Hall–Kier alpha value is -1.26. The topological polar surface area (TPSA) is 47.6 Å². The van der Waals surface area contributed by atoms with Crippen LogP contribution >= 0.6 is 11.6 Å². The summed E-state index contributed by atoms with van der Waals surface area (Å²) in [5.41, 5.74) is -0.0473. The second-order valence-electron chi connectivity index (χ2n) is 6.99. The summed E-state index contributed by atoms with van der Waals surface area (Å²) >= 11 is 6.27. The molecule has 0 heterocycles. The van der Waals surface area contributed by atoms with E-state index in [0.29, 0.717) is 35.6 Å². The minimum absolute atomic E-state index is 0.0641. The Morgan fingerprint density at radius 2 is 2.08 bits per heavy atom. The lowest BCUT2D eigenvalue weighted by Crippen LogP contribution is -2.48. The van der Waals surface area contributed by atoms with E-state index in [0.717, 1.165) is 38.5 Å². The van der Waals surface area contributed by atoms with Crippen LogP contribution in [0.25, 0.3) is 0 Å². The molecular formula is C20H30ClNO3. The van der Waals surface area contributed by atoms with Crippen LogP contribution in [0.2, 0.25) is 5.02 Å². The van der Waals surface area contributed by atoms with Gasteiger partial charge in [0.15, 0.2) is 0 Å². The molecule has 5 heteroatoms. The van der Waals surface area contributed by atoms with E-state index in [4.69, 9.17) is 21.1 Å². The second kappa shape index (κ2) is 9.44. The van der Waals surface area contributed by atoms with Gasteiger partial charge in [-0.15, -0.1) is 0 Å². The maximum Gasteiger partial charge on any atom is 0.256 e. The van der Waals surface area contributed by atoms with E-state index in [-0.39, 0.29) is 5.91 Å². The van der Waals surface area contributed by atoms with Crippen molar-refractivity contribution in [3.05, 3.63) is 23.2 Å². The molecule has 1 N–H and O–H groups in total. The lowest BCUT2D eigenvalue weighted by molar-refractivity contribution is -0.148. The summed E-state index contributed by atoms with van der Waals surface area (Å²) in [7, 11) is 0. The monoisotopic (exact) mass is 367 g/mol. The van der Waals surface area contributed by atoms with Gasteiger partial charge in [-0.2, -0.15) is 0 Å². The number of anilines is 1. The number of hydrogen-bond donors (Lipinski definition) is 1. The van der Waals surface area contributed by atoms with Crippen LogP contribution < -0.4 is 10.1 Å². The summed E-state index contributed by atoms with van der Waals surface area (Å²) in [6.45, 7) is 7.52. The normalized spacial score (nSPS) is 23.3. The van der Waals surface area contributed by atoms with E-state index >= 15 is 0 Å². The van der Waals surface area contributed by atoms with Gasteiger partial charge < -0.3 is 14.8 Å². The third kappa shape index (κ3) is 5.35.